The van der Waals surface area contributed by atoms with Gasteiger partial charge in [-0.2, -0.15) is 0 Å². The monoisotopic (exact) mass is 120 g/mol. The molecule has 3 heteroatoms. The van der Waals surface area contributed by atoms with E-state index in [1.807, 2.05) is 6.92 Å². The summed E-state index contributed by atoms with van der Waals surface area (Å²) in [4.78, 5) is 3.92. The molecule has 0 aromatic heterocycles. The van der Waals surface area contributed by atoms with E-state index in [0.717, 1.165) is 12.8 Å². The SMILES string of the molecule is CCC[C@@H](OC)OO. The van der Waals surface area contributed by atoms with Crippen LogP contribution in [0, 0.1) is 0 Å². The molecule has 0 spiro atoms. The van der Waals surface area contributed by atoms with Gasteiger partial charge in [-0.25, -0.2) is 10.1 Å². The summed E-state index contributed by atoms with van der Waals surface area (Å²) in [6.45, 7) is 1.99. The maximum atomic E-state index is 8.03. The maximum absolute atomic E-state index is 8.03. The Morgan fingerprint density at radius 2 is 2.25 bits per heavy atom. The summed E-state index contributed by atoms with van der Waals surface area (Å²) in [5.74, 6) is 0. The van der Waals surface area contributed by atoms with Gasteiger partial charge < -0.3 is 4.74 Å². The van der Waals surface area contributed by atoms with Crippen molar-refractivity contribution in [2.75, 3.05) is 7.11 Å². The van der Waals surface area contributed by atoms with E-state index in [2.05, 4.69) is 9.62 Å². The van der Waals surface area contributed by atoms with Crippen molar-refractivity contribution in [2.45, 2.75) is 26.1 Å². The van der Waals surface area contributed by atoms with Crippen LogP contribution in [-0.4, -0.2) is 18.7 Å². The lowest BCUT2D eigenvalue weighted by atomic mass is 10.3. The molecule has 50 valence electrons. The Morgan fingerprint density at radius 3 is 2.38 bits per heavy atom. The second-order valence-electron chi connectivity index (χ2n) is 1.56. The van der Waals surface area contributed by atoms with Crippen molar-refractivity contribution < 1.29 is 14.9 Å². The Hall–Kier alpha value is -0.120. The van der Waals surface area contributed by atoms with E-state index in [1.54, 1.807) is 0 Å². The van der Waals surface area contributed by atoms with Gasteiger partial charge >= 0.3 is 0 Å². The molecule has 3 nitrogen and oxygen atoms in total. The quantitative estimate of drug-likeness (QED) is 0.344. The standard InChI is InChI=1S/C5H12O3/c1-3-4-5(7-2)8-6/h5-6H,3-4H2,1-2H3/t5-/m0/s1. The fourth-order valence-electron chi connectivity index (χ4n) is 0.449. The average Bonchev–Trinajstić information content (AvgIpc) is 1.83. The third kappa shape index (κ3) is 2.96. The second-order valence-corrected chi connectivity index (χ2v) is 1.56. The summed E-state index contributed by atoms with van der Waals surface area (Å²) in [6, 6.07) is 0. The first kappa shape index (κ1) is 7.88. The highest BCUT2D eigenvalue weighted by atomic mass is 17.1. The fraction of sp³-hybridized carbons (Fsp3) is 1.00. The van der Waals surface area contributed by atoms with Crippen LogP contribution in [0.1, 0.15) is 19.8 Å². The molecule has 0 aromatic rings. The van der Waals surface area contributed by atoms with Crippen molar-refractivity contribution in [1.29, 1.82) is 0 Å². The van der Waals surface area contributed by atoms with Crippen molar-refractivity contribution in [3.8, 4) is 0 Å². The van der Waals surface area contributed by atoms with Gasteiger partial charge in [0.05, 0.1) is 0 Å². The summed E-state index contributed by atoms with van der Waals surface area (Å²) in [7, 11) is 1.50. The van der Waals surface area contributed by atoms with Crippen molar-refractivity contribution >= 4 is 0 Å². The minimum absolute atomic E-state index is 0.444. The molecule has 0 saturated heterocycles. The fourth-order valence-corrected chi connectivity index (χ4v) is 0.449. The number of ether oxygens (including phenoxy) is 1. The lowest BCUT2D eigenvalue weighted by Crippen LogP contribution is -2.11. The third-order valence-corrected chi connectivity index (χ3v) is 0.905. The highest BCUT2D eigenvalue weighted by molar-refractivity contribution is 4.36. The van der Waals surface area contributed by atoms with E-state index in [4.69, 9.17) is 5.26 Å². The van der Waals surface area contributed by atoms with Gasteiger partial charge in [0.2, 0.25) is 0 Å². The molecule has 0 radical (unpaired) electrons. The van der Waals surface area contributed by atoms with Gasteiger partial charge in [0.25, 0.3) is 0 Å². The van der Waals surface area contributed by atoms with E-state index >= 15 is 0 Å². The largest absolute Gasteiger partial charge is 0.353 e. The van der Waals surface area contributed by atoms with Gasteiger partial charge in [-0.1, -0.05) is 13.3 Å². The topological polar surface area (TPSA) is 38.7 Å². The minimum Gasteiger partial charge on any atom is -0.353 e. The molecule has 0 amide bonds. The van der Waals surface area contributed by atoms with E-state index in [-0.39, 0.29) is 0 Å². The van der Waals surface area contributed by atoms with Gasteiger partial charge in [0.15, 0.2) is 6.29 Å². The molecule has 0 fully saturated rings. The number of hydrogen-bond donors (Lipinski definition) is 1. The molecule has 0 bridgehead atoms. The van der Waals surface area contributed by atoms with E-state index in [9.17, 15) is 0 Å². The molecule has 0 rings (SSSR count). The molecule has 0 aliphatic rings. The first-order valence-corrected chi connectivity index (χ1v) is 2.68. The Balaban J connectivity index is 3.07. The molecule has 0 heterocycles. The van der Waals surface area contributed by atoms with Gasteiger partial charge in [0, 0.05) is 13.5 Å². The Kier molecular flexibility index (Phi) is 4.95. The molecule has 0 saturated carbocycles. The van der Waals surface area contributed by atoms with E-state index in [0.29, 0.717) is 0 Å². The van der Waals surface area contributed by atoms with Crippen LogP contribution in [0.2, 0.25) is 0 Å². The predicted molar refractivity (Wildman–Crippen MR) is 29.4 cm³/mol. The predicted octanol–water partition coefficient (Wildman–Crippen LogP) is 1.25. The summed E-state index contributed by atoms with van der Waals surface area (Å²) < 4.78 is 4.67. The van der Waals surface area contributed by atoms with Crippen LogP contribution in [-0.2, 0) is 9.62 Å². The van der Waals surface area contributed by atoms with Crippen LogP contribution in [0.15, 0.2) is 0 Å². The lowest BCUT2D eigenvalue weighted by Gasteiger charge is -2.07. The Bertz CT molecular complexity index is 42.9. The first-order chi connectivity index (χ1) is 3.85. The van der Waals surface area contributed by atoms with E-state index in [1.165, 1.54) is 7.11 Å². The molecule has 8 heavy (non-hydrogen) atoms. The van der Waals surface area contributed by atoms with Gasteiger partial charge in [-0.05, 0) is 0 Å². The van der Waals surface area contributed by atoms with Crippen LogP contribution in [0.5, 0.6) is 0 Å². The van der Waals surface area contributed by atoms with Crippen LogP contribution in [0.3, 0.4) is 0 Å². The van der Waals surface area contributed by atoms with Crippen molar-refractivity contribution in [1.82, 2.24) is 0 Å². The van der Waals surface area contributed by atoms with Gasteiger partial charge in [-0.3, -0.25) is 0 Å². The molecular formula is C5H12O3. The second kappa shape index (κ2) is 5.03. The van der Waals surface area contributed by atoms with E-state index < -0.39 is 6.29 Å². The smallest absolute Gasteiger partial charge is 0.190 e. The molecular weight excluding hydrogens is 108 g/mol. The molecule has 0 aliphatic heterocycles. The van der Waals surface area contributed by atoms with Crippen LogP contribution in [0.25, 0.3) is 0 Å². The highest BCUT2D eigenvalue weighted by Crippen LogP contribution is 1.99. The van der Waals surface area contributed by atoms with Crippen LogP contribution in [0.4, 0.5) is 0 Å². The Morgan fingerprint density at radius 1 is 1.62 bits per heavy atom. The Labute approximate surface area is 49.1 Å². The summed E-state index contributed by atoms with van der Waals surface area (Å²) in [6.07, 6.45) is 1.23. The number of hydrogen-bond acceptors (Lipinski definition) is 3. The summed E-state index contributed by atoms with van der Waals surface area (Å²) >= 11 is 0. The number of rotatable bonds is 4. The van der Waals surface area contributed by atoms with Gasteiger partial charge in [0.1, 0.15) is 0 Å². The van der Waals surface area contributed by atoms with Crippen molar-refractivity contribution in [2.24, 2.45) is 0 Å². The minimum atomic E-state index is -0.444. The maximum Gasteiger partial charge on any atom is 0.190 e. The van der Waals surface area contributed by atoms with Crippen LogP contribution >= 0.6 is 0 Å². The first-order valence-electron chi connectivity index (χ1n) is 2.68. The van der Waals surface area contributed by atoms with Crippen molar-refractivity contribution in [3.05, 3.63) is 0 Å². The molecule has 1 N–H and O–H groups in total. The average molecular weight is 120 g/mol. The molecule has 0 unspecified atom stereocenters. The lowest BCUT2D eigenvalue weighted by molar-refractivity contribution is -0.341. The third-order valence-electron chi connectivity index (χ3n) is 0.905. The normalized spacial score (nSPS) is 13.9. The zero-order valence-electron chi connectivity index (χ0n) is 5.26. The zero-order chi connectivity index (χ0) is 6.41. The summed E-state index contributed by atoms with van der Waals surface area (Å²) in [5, 5.41) is 8.03. The van der Waals surface area contributed by atoms with Crippen molar-refractivity contribution in [3.63, 3.8) is 0 Å². The van der Waals surface area contributed by atoms with Gasteiger partial charge in [-0.15, -0.1) is 0 Å². The molecule has 0 aromatic carbocycles. The number of methoxy groups -OCH3 is 1. The zero-order valence-corrected chi connectivity index (χ0v) is 5.26. The molecule has 0 aliphatic carbocycles. The summed E-state index contributed by atoms with van der Waals surface area (Å²) in [5.41, 5.74) is 0. The highest BCUT2D eigenvalue weighted by Gasteiger charge is 2.02. The molecule has 1 atom stereocenters. The van der Waals surface area contributed by atoms with Crippen LogP contribution < -0.4 is 0 Å².